The van der Waals surface area contributed by atoms with Crippen LogP contribution in [0.25, 0.3) is 0 Å². The van der Waals surface area contributed by atoms with Gasteiger partial charge in [-0.15, -0.1) is 11.8 Å². The topological polar surface area (TPSA) is 49.4 Å². The molecule has 6 heteroatoms. The second-order valence-corrected chi connectivity index (χ2v) is 9.18. The fourth-order valence-corrected chi connectivity index (χ4v) is 4.14. The summed E-state index contributed by atoms with van der Waals surface area (Å²) in [4.78, 5) is 27.7. The Morgan fingerprint density at radius 3 is 2.42 bits per heavy atom. The number of aryl methyl sites for hydroxylation is 1. The van der Waals surface area contributed by atoms with Crippen LogP contribution < -0.4 is 5.32 Å². The maximum absolute atomic E-state index is 13.2. The summed E-state index contributed by atoms with van der Waals surface area (Å²) in [6.45, 7) is 9.01. The summed E-state index contributed by atoms with van der Waals surface area (Å²) >= 11 is 1.47. The highest BCUT2D eigenvalue weighted by molar-refractivity contribution is 7.99. The molecule has 0 fully saturated rings. The van der Waals surface area contributed by atoms with Crippen LogP contribution in [0.2, 0.25) is 0 Å². The lowest BCUT2D eigenvalue weighted by Gasteiger charge is -2.31. The number of carbonyl (C=O) groups is 2. The standard InChI is InChI=1S/C25H33FN2O2S/c1-5-23(25(30)27-14-18(2)3)28(15-21-8-6-7-19(4)13-21)24(29)17-31-16-20-9-11-22(26)12-10-20/h6-13,18,23H,5,14-17H2,1-4H3,(H,27,30). The molecule has 2 aromatic rings. The fourth-order valence-electron chi connectivity index (χ4n) is 3.27. The van der Waals surface area contributed by atoms with Gasteiger partial charge in [0.05, 0.1) is 5.75 Å². The molecule has 0 aliphatic rings. The molecule has 31 heavy (non-hydrogen) atoms. The molecule has 0 aliphatic carbocycles. The number of halogens is 1. The predicted molar refractivity (Wildman–Crippen MR) is 126 cm³/mol. The van der Waals surface area contributed by atoms with Crippen molar-refractivity contribution < 1.29 is 14.0 Å². The average molecular weight is 445 g/mol. The van der Waals surface area contributed by atoms with Crippen LogP contribution in [0, 0.1) is 18.7 Å². The van der Waals surface area contributed by atoms with Crippen molar-refractivity contribution >= 4 is 23.6 Å². The highest BCUT2D eigenvalue weighted by Gasteiger charge is 2.28. The summed E-state index contributed by atoms with van der Waals surface area (Å²) in [6.07, 6.45) is 0.546. The van der Waals surface area contributed by atoms with Crippen LogP contribution in [0.5, 0.6) is 0 Å². The van der Waals surface area contributed by atoms with E-state index in [4.69, 9.17) is 0 Å². The average Bonchev–Trinajstić information content (AvgIpc) is 2.73. The van der Waals surface area contributed by atoms with Gasteiger partial charge in [0, 0.05) is 18.8 Å². The third kappa shape index (κ3) is 8.37. The monoisotopic (exact) mass is 444 g/mol. The van der Waals surface area contributed by atoms with Crippen LogP contribution in [0.3, 0.4) is 0 Å². The third-order valence-corrected chi connectivity index (χ3v) is 5.90. The number of nitrogens with one attached hydrogen (secondary N) is 1. The second kappa shape index (κ2) is 12.5. The van der Waals surface area contributed by atoms with E-state index in [-0.39, 0.29) is 23.4 Å². The molecule has 2 amide bonds. The van der Waals surface area contributed by atoms with Crippen LogP contribution in [0.4, 0.5) is 4.39 Å². The maximum atomic E-state index is 13.2. The van der Waals surface area contributed by atoms with Crippen molar-refractivity contribution in [3.8, 4) is 0 Å². The van der Waals surface area contributed by atoms with E-state index in [1.807, 2.05) is 52.0 Å². The SMILES string of the molecule is CCC(C(=O)NCC(C)C)N(Cc1cccc(C)c1)C(=O)CSCc1ccc(F)cc1. The lowest BCUT2D eigenvalue weighted by molar-refractivity contribution is -0.139. The molecule has 1 atom stereocenters. The van der Waals surface area contributed by atoms with E-state index in [1.165, 1.54) is 23.9 Å². The molecule has 0 heterocycles. The van der Waals surface area contributed by atoms with Gasteiger partial charge in [-0.1, -0.05) is 62.7 Å². The molecular weight excluding hydrogens is 411 g/mol. The number of carbonyl (C=O) groups excluding carboxylic acids is 2. The summed E-state index contributed by atoms with van der Waals surface area (Å²) in [5, 5.41) is 2.98. The van der Waals surface area contributed by atoms with Crippen molar-refractivity contribution in [2.45, 2.75) is 52.5 Å². The van der Waals surface area contributed by atoms with Crippen LogP contribution in [0.15, 0.2) is 48.5 Å². The number of nitrogens with zero attached hydrogens (tertiary/aromatic N) is 1. The van der Waals surface area contributed by atoms with E-state index in [9.17, 15) is 14.0 Å². The number of benzene rings is 2. The van der Waals surface area contributed by atoms with Crippen molar-refractivity contribution in [2.24, 2.45) is 5.92 Å². The summed E-state index contributed by atoms with van der Waals surface area (Å²) < 4.78 is 13.1. The van der Waals surface area contributed by atoms with Crippen molar-refractivity contribution in [1.82, 2.24) is 10.2 Å². The van der Waals surface area contributed by atoms with Crippen LogP contribution in [-0.2, 0) is 21.9 Å². The Morgan fingerprint density at radius 2 is 1.81 bits per heavy atom. The molecule has 0 radical (unpaired) electrons. The highest BCUT2D eigenvalue weighted by atomic mass is 32.2. The molecule has 0 bridgehead atoms. The zero-order valence-corrected chi connectivity index (χ0v) is 19.7. The van der Waals surface area contributed by atoms with E-state index in [0.29, 0.717) is 31.2 Å². The van der Waals surface area contributed by atoms with Crippen molar-refractivity contribution in [1.29, 1.82) is 0 Å². The number of rotatable bonds is 11. The first kappa shape index (κ1) is 24.9. The third-order valence-electron chi connectivity index (χ3n) is 4.91. The highest BCUT2D eigenvalue weighted by Crippen LogP contribution is 2.18. The fraction of sp³-hybridized carbons (Fsp3) is 0.440. The molecule has 0 saturated heterocycles. The van der Waals surface area contributed by atoms with Crippen LogP contribution in [-0.4, -0.2) is 35.1 Å². The smallest absolute Gasteiger partial charge is 0.242 e. The molecular formula is C25H33FN2O2S. The molecule has 0 spiro atoms. The van der Waals surface area contributed by atoms with Crippen molar-refractivity contribution in [3.05, 3.63) is 71.0 Å². The zero-order chi connectivity index (χ0) is 22.8. The largest absolute Gasteiger partial charge is 0.354 e. The van der Waals surface area contributed by atoms with Crippen molar-refractivity contribution in [3.63, 3.8) is 0 Å². The van der Waals surface area contributed by atoms with Gasteiger partial charge < -0.3 is 10.2 Å². The van der Waals surface area contributed by atoms with E-state index in [1.54, 1.807) is 17.0 Å². The van der Waals surface area contributed by atoms with Gasteiger partial charge in [0.1, 0.15) is 11.9 Å². The molecule has 0 saturated carbocycles. The predicted octanol–water partition coefficient (Wildman–Crippen LogP) is 4.95. The summed E-state index contributed by atoms with van der Waals surface area (Å²) in [7, 11) is 0. The van der Waals surface area contributed by atoms with Gasteiger partial charge in [0.2, 0.25) is 11.8 Å². The number of thioether (sulfide) groups is 1. The van der Waals surface area contributed by atoms with Gasteiger partial charge in [-0.3, -0.25) is 9.59 Å². The lowest BCUT2D eigenvalue weighted by atomic mass is 10.1. The lowest BCUT2D eigenvalue weighted by Crippen LogP contribution is -2.50. The summed E-state index contributed by atoms with van der Waals surface area (Å²) in [6, 6.07) is 13.8. The minimum atomic E-state index is -0.516. The number of amides is 2. The van der Waals surface area contributed by atoms with E-state index in [2.05, 4.69) is 5.32 Å². The molecule has 168 valence electrons. The Morgan fingerprint density at radius 1 is 1.10 bits per heavy atom. The maximum Gasteiger partial charge on any atom is 0.242 e. The quantitative estimate of drug-likeness (QED) is 0.534. The second-order valence-electron chi connectivity index (χ2n) is 8.19. The summed E-state index contributed by atoms with van der Waals surface area (Å²) in [5.41, 5.74) is 3.09. The van der Waals surface area contributed by atoms with Gasteiger partial charge in [-0.25, -0.2) is 4.39 Å². The van der Waals surface area contributed by atoms with Gasteiger partial charge >= 0.3 is 0 Å². The van der Waals surface area contributed by atoms with Crippen molar-refractivity contribution in [2.75, 3.05) is 12.3 Å². The molecule has 2 aromatic carbocycles. The zero-order valence-electron chi connectivity index (χ0n) is 18.9. The Bertz CT molecular complexity index is 855. The molecule has 0 aromatic heterocycles. The number of hydrogen-bond acceptors (Lipinski definition) is 3. The van der Waals surface area contributed by atoms with E-state index >= 15 is 0 Å². The molecule has 0 aliphatic heterocycles. The molecule has 4 nitrogen and oxygen atoms in total. The minimum absolute atomic E-state index is 0.0693. The first-order valence-corrected chi connectivity index (χ1v) is 11.9. The minimum Gasteiger partial charge on any atom is -0.354 e. The normalized spacial score (nSPS) is 11.9. The van der Waals surface area contributed by atoms with Gasteiger partial charge in [0.25, 0.3) is 0 Å². The number of hydrogen-bond donors (Lipinski definition) is 1. The summed E-state index contributed by atoms with van der Waals surface area (Å²) in [5.74, 6) is 0.763. The Balaban J connectivity index is 2.11. The van der Waals surface area contributed by atoms with Gasteiger partial charge in [-0.05, 0) is 42.5 Å². The Labute approximate surface area is 189 Å². The van der Waals surface area contributed by atoms with E-state index in [0.717, 1.165) is 16.7 Å². The van der Waals surface area contributed by atoms with Gasteiger partial charge in [-0.2, -0.15) is 0 Å². The first-order valence-electron chi connectivity index (χ1n) is 10.7. The van der Waals surface area contributed by atoms with Crippen LogP contribution >= 0.6 is 11.8 Å². The molecule has 1 unspecified atom stereocenters. The van der Waals surface area contributed by atoms with Crippen LogP contribution in [0.1, 0.15) is 43.9 Å². The van der Waals surface area contributed by atoms with E-state index < -0.39 is 6.04 Å². The Hall–Kier alpha value is -2.34. The van der Waals surface area contributed by atoms with Gasteiger partial charge in [0.15, 0.2) is 0 Å². The molecule has 1 N–H and O–H groups in total. The Kier molecular flexibility index (Phi) is 10.0. The molecule has 2 rings (SSSR count). The first-order chi connectivity index (χ1) is 14.8.